The van der Waals surface area contributed by atoms with Crippen molar-refractivity contribution in [2.24, 2.45) is 0 Å². The van der Waals surface area contributed by atoms with Crippen LogP contribution in [-0.4, -0.2) is 17.8 Å². The Morgan fingerprint density at radius 1 is 1.60 bits per heavy atom. The molecule has 1 aliphatic heterocycles. The van der Waals surface area contributed by atoms with Crippen LogP contribution < -0.4 is 0 Å². The second kappa shape index (κ2) is 4.34. The van der Waals surface area contributed by atoms with Gasteiger partial charge >= 0.3 is 0 Å². The number of aliphatic hydroxyl groups is 1. The standard InChI is InChI=1S/C8H14O2/c9-6-3-5-8-4-1-2-7-10-8/h2,7-9H,1,3-6H2. The predicted octanol–water partition coefficient (Wildman–Crippen LogP) is 1.45. The molecule has 0 bridgehead atoms. The maximum atomic E-state index is 8.52. The smallest absolute Gasteiger partial charge is 0.0982 e. The first-order valence-electron chi connectivity index (χ1n) is 3.85. The lowest BCUT2D eigenvalue weighted by atomic mass is 10.1. The van der Waals surface area contributed by atoms with Crippen LogP contribution in [0.5, 0.6) is 0 Å². The van der Waals surface area contributed by atoms with Crippen molar-refractivity contribution >= 4 is 0 Å². The first-order valence-corrected chi connectivity index (χ1v) is 3.85. The molecule has 0 spiro atoms. The van der Waals surface area contributed by atoms with Crippen molar-refractivity contribution < 1.29 is 9.84 Å². The molecule has 1 heterocycles. The van der Waals surface area contributed by atoms with Crippen molar-refractivity contribution in [3.05, 3.63) is 12.3 Å². The highest BCUT2D eigenvalue weighted by molar-refractivity contribution is 4.81. The minimum atomic E-state index is 0.281. The van der Waals surface area contributed by atoms with Crippen LogP contribution in [0.2, 0.25) is 0 Å². The summed E-state index contributed by atoms with van der Waals surface area (Å²) in [5.74, 6) is 0. The van der Waals surface area contributed by atoms with Gasteiger partial charge in [-0.2, -0.15) is 0 Å². The Balaban J connectivity index is 2.10. The van der Waals surface area contributed by atoms with Gasteiger partial charge in [-0.3, -0.25) is 0 Å². The van der Waals surface area contributed by atoms with Crippen molar-refractivity contribution in [1.29, 1.82) is 0 Å². The lowest BCUT2D eigenvalue weighted by Gasteiger charge is -2.18. The van der Waals surface area contributed by atoms with E-state index in [1.165, 1.54) is 0 Å². The summed E-state index contributed by atoms with van der Waals surface area (Å²) in [6.45, 7) is 0.281. The van der Waals surface area contributed by atoms with E-state index in [9.17, 15) is 0 Å². The van der Waals surface area contributed by atoms with Gasteiger partial charge in [0.05, 0.1) is 12.4 Å². The third kappa shape index (κ3) is 2.40. The minimum Gasteiger partial charge on any atom is -0.498 e. The maximum absolute atomic E-state index is 8.52. The molecular formula is C8H14O2. The monoisotopic (exact) mass is 142 g/mol. The van der Waals surface area contributed by atoms with Crippen LogP contribution in [0, 0.1) is 0 Å². The Labute approximate surface area is 61.5 Å². The molecule has 0 aromatic heterocycles. The molecular weight excluding hydrogens is 128 g/mol. The molecule has 2 nitrogen and oxygen atoms in total. The van der Waals surface area contributed by atoms with Gasteiger partial charge in [0.15, 0.2) is 0 Å². The molecule has 1 N–H and O–H groups in total. The summed E-state index contributed by atoms with van der Waals surface area (Å²) in [5.41, 5.74) is 0. The number of ether oxygens (including phenoxy) is 1. The average Bonchev–Trinajstić information content (AvgIpc) is 2.03. The van der Waals surface area contributed by atoms with E-state index in [4.69, 9.17) is 9.84 Å². The zero-order valence-electron chi connectivity index (χ0n) is 6.12. The van der Waals surface area contributed by atoms with Gasteiger partial charge in [-0.25, -0.2) is 0 Å². The summed E-state index contributed by atoms with van der Waals surface area (Å²) in [4.78, 5) is 0. The fourth-order valence-electron chi connectivity index (χ4n) is 1.12. The largest absolute Gasteiger partial charge is 0.498 e. The molecule has 0 aromatic rings. The second-order valence-corrected chi connectivity index (χ2v) is 2.57. The first-order chi connectivity index (χ1) is 4.93. The van der Waals surface area contributed by atoms with Crippen LogP contribution in [0.4, 0.5) is 0 Å². The lowest BCUT2D eigenvalue weighted by Crippen LogP contribution is -2.12. The van der Waals surface area contributed by atoms with Crippen LogP contribution in [0.1, 0.15) is 25.7 Å². The highest BCUT2D eigenvalue weighted by Crippen LogP contribution is 2.14. The summed E-state index contributed by atoms with van der Waals surface area (Å²) in [6.07, 6.45) is 8.24. The van der Waals surface area contributed by atoms with E-state index in [1.807, 2.05) is 6.08 Å². The van der Waals surface area contributed by atoms with Gasteiger partial charge in [-0.1, -0.05) is 0 Å². The Kier molecular flexibility index (Phi) is 3.30. The molecule has 0 radical (unpaired) electrons. The maximum Gasteiger partial charge on any atom is 0.0982 e. The van der Waals surface area contributed by atoms with Crippen molar-refractivity contribution in [2.75, 3.05) is 6.61 Å². The van der Waals surface area contributed by atoms with Crippen LogP contribution in [0.25, 0.3) is 0 Å². The van der Waals surface area contributed by atoms with Gasteiger partial charge in [0, 0.05) is 6.61 Å². The number of rotatable bonds is 3. The second-order valence-electron chi connectivity index (χ2n) is 2.57. The molecule has 0 saturated carbocycles. The van der Waals surface area contributed by atoms with Crippen molar-refractivity contribution in [1.82, 2.24) is 0 Å². The van der Waals surface area contributed by atoms with E-state index in [0.717, 1.165) is 25.7 Å². The van der Waals surface area contributed by atoms with Gasteiger partial charge in [-0.05, 0) is 31.8 Å². The molecule has 58 valence electrons. The van der Waals surface area contributed by atoms with Gasteiger partial charge in [0.2, 0.25) is 0 Å². The quantitative estimate of drug-likeness (QED) is 0.646. The summed E-state index contributed by atoms with van der Waals surface area (Å²) >= 11 is 0. The lowest BCUT2D eigenvalue weighted by molar-refractivity contribution is 0.107. The Morgan fingerprint density at radius 2 is 2.50 bits per heavy atom. The number of allylic oxidation sites excluding steroid dienone is 1. The topological polar surface area (TPSA) is 29.5 Å². The Hall–Kier alpha value is -0.500. The van der Waals surface area contributed by atoms with E-state index in [0.29, 0.717) is 6.10 Å². The van der Waals surface area contributed by atoms with Crippen LogP contribution in [0.15, 0.2) is 12.3 Å². The normalized spacial score (nSPS) is 24.3. The van der Waals surface area contributed by atoms with E-state index in [2.05, 4.69) is 0 Å². The van der Waals surface area contributed by atoms with Gasteiger partial charge in [-0.15, -0.1) is 0 Å². The first kappa shape index (κ1) is 7.61. The van der Waals surface area contributed by atoms with E-state index >= 15 is 0 Å². The van der Waals surface area contributed by atoms with E-state index < -0.39 is 0 Å². The summed E-state index contributed by atoms with van der Waals surface area (Å²) in [5, 5.41) is 8.52. The summed E-state index contributed by atoms with van der Waals surface area (Å²) in [7, 11) is 0. The predicted molar refractivity (Wildman–Crippen MR) is 39.6 cm³/mol. The zero-order chi connectivity index (χ0) is 7.23. The molecule has 2 heteroatoms. The van der Waals surface area contributed by atoms with Crippen molar-refractivity contribution in [3.63, 3.8) is 0 Å². The molecule has 1 aliphatic rings. The van der Waals surface area contributed by atoms with Crippen LogP contribution in [0.3, 0.4) is 0 Å². The molecule has 1 unspecified atom stereocenters. The molecule has 0 aliphatic carbocycles. The number of hydrogen-bond acceptors (Lipinski definition) is 2. The minimum absolute atomic E-state index is 0.281. The van der Waals surface area contributed by atoms with Gasteiger partial charge in [0.25, 0.3) is 0 Å². The molecule has 1 atom stereocenters. The Morgan fingerprint density at radius 3 is 3.10 bits per heavy atom. The number of aliphatic hydroxyl groups excluding tert-OH is 1. The molecule has 10 heavy (non-hydrogen) atoms. The van der Waals surface area contributed by atoms with Crippen molar-refractivity contribution in [2.45, 2.75) is 31.8 Å². The molecule has 0 aromatic carbocycles. The zero-order valence-corrected chi connectivity index (χ0v) is 6.12. The molecule has 0 amide bonds. The highest BCUT2D eigenvalue weighted by Gasteiger charge is 2.08. The van der Waals surface area contributed by atoms with Crippen molar-refractivity contribution in [3.8, 4) is 0 Å². The fraction of sp³-hybridized carbons (Fsp3) is 0.750. The van der Waals surface area contributed by atoms with E-state index in [1.54, 1.807) is 6.26 Å². The Bertz CT molecular complexity index is 110. The number of hydrogen-bond donors (Lipinski definition) is 1. The van der Waals surface area contributed by atoms with Crippen LogP contribution in [-0.2, 0) is 4.74 Å². The van der Waals surface area contributed by atoms with Gasteiger partial charge < -0.3 is 9.84 Å². The molecule has 0 saturated heterocycles. The molecule has 1 rings (SSSR count). The van der Waals surface area contributed by atoms with Crippen LogP contribution >= 0.6 is 0 Å². The van der Waals surface area contributed by atoms with Gasteiger partial charge in [0.1, 0.15) is 0 Å². The average molecular weight is 142 g/mol. The summed E-state index contributed by atoms with van der Waals surface area (Å²) < 4.78 is 5.29. The fourth-order valence-corrected chi connectivity index (χ4v) is 1.12. The highest BCUT2D eigenvalue weighted by atomic mass is 16.5. The third-order valence-corrected chi connectivity index (χ3v) is 1.71. The summed E-state index contributed by atoms with van der Waals surface area (Å²) in [6, 6.07) is 0. The van der Waals surface area contributed by atoms with E-state index in [-0.39, 0.29) is 6.61 Å². The molecule has 0 fully saturated rings. The third-order valence-electron chi connectivity index (χ3n) is 1.71. The SMILES string of the molecule is OCCCC1CCC=CO1.